The van der Waals surface area contributed by atoms with Crippen molar-refractivity contribution in [2.75, 3.05) is 14.2 Å². The second-order valence-electron chi connectivity index (χ2n) is 4.10. The van der Waals surface area contributed by atoms with Gasteiger partial charge in [0.1, 0.15) is 0 Å². The van der Waals surface area contributed by atoms with Crippen LogP contribution in [-0.4, -0.2) is 35.1 Å². The smallest absolute Gasteiger partial charge is 0.322 e. The van der Waals surface area contributed by atoms with Crippen molar-refractivity contribution >= 4 is 5.91 Å². The summed E-state index contributed by atoms with van der Waals surface area (Å²) in [5, 5.41) is 11.5. The number of nitrogens with one attached hydrogen (secondary N) is 1. The number of hydrogen-bond acceptors (Lipinski definition) is 7. The first-order chi connectivity index (χ1) is 10.7. The number of aromatic nitrogens is 3. The van der Waals surface area contributed by atoms with Crippen LogP contribution in [0.2, 0.25) is 0 Å². The topological polar surface area (TPSA) is 110 Å². The Hall–Kier alpha value is -3.21. The Labute approximate surface area is 126 Å². The third kappa shape index (κ3) is 3.67. The summed E-state index contributed by atoms with van der Waals surface area (Å²) >= 11 is 0. The molecule has 0 atom stereocenters. The summed E-state index contributed by atoms with van der Waals surface area (Å²) in [5.41, 5.74) is 0.795. The number of methoxy groups -OCH3 is 2. The van der Waals surface area contributed by atoms with Gasteiger partial charge >= 0.3 is 12.0 Å². The normalized spacial score (nSPS) is 9.68. The summed E-state index contributed by atoms with van der Waals surface area (Å²) in [6, 6.07) is 8.56. The van der Waals surface area contributed by atoms with Crippen LogP contribution < -0.4 is 14.8 Å². The van der Waals surface area contributed by atoms with E-state index < -0.39 is 0 Å². The third-order valence-corrected chi connectivity index (χ3v) is 2.67. The van der Waals surface area contributed by atoms with Crippen LogP contribution in [0.4, 0.5) is 0 Å². The highest BCUT2D eigenvalue weighted by atomic mass is 16.5. The molecule has 1 amide bonds. The monoisotopic (exact) mass is 299 g/mol. The van der Waals surface area contributed by atoms with Crippen LogP contribution in [-0.2, 0) is 6.54 Å². The summed E-state index contributed by atoms with van der Waals surface area (Å²) in [6.45, 7) is 0.0743. The molecule has 1 heterocycles. The van der Waals surface area contributed by atoms with E-state index in [1.54, 1.807) is 18.2 Å². The predicted molar refractivity (Wildman–Crippen MR) is 75.3 cm³/mol. The molecule has 0 aliphatic carbocycles. The molecule has 0 saturated heterocycles. The summed E-state index contributed by atoms with van der Waals surface area (Å²) in [7, 11) is 2.84. The molecule has 1 N–H and O–H groups in total. The minimum atomic E-state index is -0.338. The Morgan fingerprint density at radius 2 is 1.91 bits per heavy atom. The van der Waals surface area contributed by atoms with Crippen LogP contribution in [0.3, 0.4) is 0 Å². The lowest BCUT2D eigenvalue weighted by Gasteiger charge is -2.07. The molecule has 1 aromatic carbocycles. The molecule has 0 aliphatic heterocycles. The van der Waals surface area contributed by atoms with Gasteiger partial charge in [0.25, 0.3) is 5.91 Å². The molecule has 0 saturated carbocycles. The average Bonchev–Trinajstić information content (AvgIpc) is 2.59. The third-order valence-electron chi connectivity index (χ3n) is 2.67. The van der Waals surface area contributed by atoms with Crippen molar-refractivity contribution in [1.82, 2.24) is 20.3 Å². The average molecular weight is 299 g/mol. The lowest BCUT2D eigenvalue weighted by atomic mass is 10.1. The Bertz CT molecular complexity index is 704. The molecule has 1 aromatic heterocycles. The van der Waals surface area contributed by atoms with Crippen LogP contribution in [0.1, 0.15) is 21.7 Å². The van der Waals surface area contributed by atoms with Crippen molar-refractivity contribution in [2.45, 2.75) is 6.54 Å². The van der Waals surface area contributed by atoms with E-state index in [4.69, 9.17) is 14.7 Å². The molecule has 112 valence electrons. The number of benzene rings is 1. The van der Waals surface area contributed by atoms with Gasteiger partial charge in [-0.1, -0.05) is 6.07 Å². The van der Waals surface area contributed by atoms with Gasteiger partial charge in [-0.05, 0) is 18.2 Å². The number of hydrogen-bond donors (Lipinski definition) is 1. The molecule has 8 heteroatoms. The van der Waals surface area contributed by atoms with Crippen molar-refractivity contribution in [3.05, 3.63) is 41.2 Å². The van der Waals surface area contributed by atoms with Crippen LogP contribution in [0, 0.1) is 11.3 Å². The second kappa shape index (κ2) is 6.99. The van der Waals surface area contributed by atoms with E-state index in [1.165, 1.54) is 20.3 Å². The van der Waals surface area contributed by atoms with Crippen LogP contribution >= 0.6 is 0 Å². The highest BCUT2D eigenvalue weighted by molar-refractivity contribution is 5.94. The molecule has 0 spiro atoms. The van der Waals surface area contributed by atoms with E-state index in [-0.39, 0.29) is 24.5 Å². The first kappa shape index (κ1) is 15.2. The maximum Gasteiger partial charge on any atom is 0.322 e. The number of rotatable bonds is 5. The molecular formula is C14H13N5O3. The van der Waals surface area contributed by atoms with Crippen molar-refractivity contribution < 1.29 is 14.3 Å². The van der Waals surface area contributed by atoms with E-state index in [0.29, 0.717) is 17.0 Å². The Balaban J connectivity index is 2.09. The zero-order chi connectivity index (χ0) is 15.9. The molecule has 0 radical (unpaired) electrons. The van der Waals surface area contributed by atoms with Crippen molar-refractivity contribution in [1.29, 1.82) is 5.26 Å². The second-order valence-corrected chi connectivity index (χ2v) is 4.10. The fourth-order valence-corrected chi connectivity index (χ4v) is 1.63. The number of amides is 1. The lowest BCUT2D eigenvalue weighted by Crippen LogP contribution is -2.24. The van der Waals surface area contributed by atoms with Gasteiger partial charge in [-0.2, -0.15) is 15.2 Å². The highest BCUT2D eigenvalue weighted by Crippen LogP contribution is 2.09. The van der Waals surface area contributed by atoms with Gasteiger partial charge in [0.2, 0.25) is 0 Å². The van der Waals surface area contributed by atoms with Crippen LogP contribution in [0.15, 0.2) is 24.3 Å². The van der Waals surface area contributed by atoms with Gasteiger partial charge in [0.15, 0.2) is 5.82 Å². The fourth-order valence-electron chi connectivity index (χ4n) is 1.63. The number of nitrogens with zero attached hydrogens (tertiary/aromatic N) is 4. The first-order valence-corrected chi connectivity index (χ1v) is 6.27. The number of ether oxygens (including phenoxy) is 2. The summed E-state index contributed by atoms with van der Waals surface area (Å²) in [4.78, 5) is 23.9. The number of nitriles is 1. The maximum atomic E-state index is 12.0. The Kier molecular flexibility index (Phi) is 4.82. The summed E-state index contributed by atoms with van der Waals surface area (Å²) < 4.78 is 9.86. The Morgan fingerprint density at radius 1 is 1.23 bits per heavy atom. The van der Waals surface area contributed by atoms with E-state index in [9.17, 15) is 4.79 Å². The lowest BCUT2D eigenvalue weighted by molar-refractivity contribution is 0.0949. The fraction of sp³-hybridized carbons (Fsp3) is 0.214. The summed E-state index contributed by atoms with van der Waals surface area (Å²) in [5.74, 6) is -0.0380. The molecule has 0 aliphatic rings. The van der Waals surface area contributed by atoms with Gasteiger partial charge < -0.3 is 14.8 Å². The van der Waals surface area contributed by atoms with E-state index >= 15 is 0 Å². The molecule has 2 aromatic rings. The standard InChI is InChI=1S/C14H13N5O3/c1-21-13-17-11(18-14(19-13)22-2)8-16-12(20)10-5-3-4-9(6-10)7-15/h3-6H,8H2,1-2H3,(H,16,20). The van der Waals surface area contributed by atoms with Gasteiger partial charge in [0.05, 0.1) is 32.4 Å². The van der Waals surface area contributed by atoms with E-state index in [1.807, 2.05) is 6.07 Å². The molecule has 0 bridgehead atoms. The minimum Gasteiger partial charge on any atom is -0.467 e. The largest absolute Gasteiger partial charge is 0.467 e. The zero-order valence-corrected chi connectivity index (χ0v) is 12.0. The molecule has 0 fully saturated rings. The Morgan fingerprint density at radius 3 is 2.50 bits per heavy atom. The zero-order valence-electron chi connectivity index (χ0n) is 12.0. The van der Waals surface area contributed by atoms with E-state index in [2.05, 4.69) is 20.3 Å². The minimum absolute atomic E-state index is 0.0743. The van der Waals surface area contributed by atoms with Gasteiger partial charge in [-0.25, -0.2) is 0 Å². The first-order valence-electron chi connectivity index (χ1n) is 6.27. The van der Waals surface area contributed by atoms with Crippen LogP contribution in [0.5, 0.6) is 12.0 Å². The molecule has 0 unspecified atom stereocenters. The van der Waals surface area contributed by atoms with Gasteiger partial charge in [-0.15, -0.1) is 4.98 Å². The predicted octanol–water partition coefficient (Wildman–Crippen LogP) is 0.690. The van der Waals surface area contributed by atoms with Gasteiger partial charge in [-0.3, -0.25) is 4.79 Å². The SMILES string of the molecule is COc1nc(CNC(=O)c2cccc(C#N)c2)nc(OC)n1. The van der Waals surface area contributed by atoms with E-state index in [0.717, 1.165) is 0 Å². The van der Waals surface area contributed by atoms with Crippen molar-refractivity contribution in [3.63, 3.8) is 0 Å². The maximum absolute atomic E-state index is 12.0. The summed E-state index contributed by atoms with van der Waals surface area (Å²) in [6.07, 6.45) is 0. The number of carbonyl (C=O) groups is 1. The molecule has 8 nitrogen and oxygen atoms in total. The molecule has 2 rings (SSSR count). The quantitative estimate of drug-likeness (QED) is 0.864. The highest BCUT2D eigenvalue weighted by Gasteiger charge is 2.10. The van der Waals surface area contributed by atoms with Crippen LogP contribution in [0.25, 0.3) is 0 Å². The number of carbonyl (C=O) groups excluding carboxylic acids is 1. The van der Waals surface area contributed by atoms with Crippen molar-refractivity contribution in [3.8, 4) is 18.1 Å². The molecule has 22 heavy (non-hydrogen) atoms. The van der Waals surface area contributed by atoms with Crippen molar-refractivity contribution in [2.24, 2.45) is 0 Å². The molecular weight excluding hydrogens is 286 g/mol. The van der Waals surface area contributed by atoms with Gasteiger partial charge in [0, 0.05) is 5.56 Å².